The van der Waals surface area contributed by atoms with Crippen LogP contribution in [-0.4, -0.2) is 32.6 Å². The molecule has 1 aromatic rings. The Labute approximate surface area is 124 Å². The largest absolute Gasteiger partial charge is 0.488 e. The summed E-state index contributed by atoms with van der Waals surface area (Å²) in [5, 5.41) is 3.80. The van der Waals surface area contributed by atoms with Crippen molar-refractivity contribution >= 4 is 21.4 Å². The van der Waals surface area contributed by atoms with Crippen LogP contribution in [0.5, 0.6) is 5.75 Å². The summed E-state index contributed by atoms with van der Waals surface area (Å²) in [4.78, 5) is 0. The molecule has 0 bridgehead atoms. The average molecular weight is 316 g/mol. The van der Waals surface area contributed by atoms with E-state index in [2.05, 4.69) is 11.9 Å². The van der Waals surface area contributed by atoms with Gasteiger partial charge in [-0.05, 0) is 24.1 Å². The predicted molar refractivity (Wildman–Crippen MR) is 81.0 cm³/mol. The molecule has 0 unspecified atom stereocenters. The molecule has 1 saturated heterocycles. The summed E-state index contributed by atoms with van der Waals surface area (Å²) in [5.41, 5.74) is 1.00. The highest BCUT2D eigenvalue weighted by molar-refractivity contribution is 7.91. The van der Waals surface area contributed by atoms with Crippen LogP contribution in [0.4, 0.5) is 0 Å². The van der Waals surface area contributed by atoms with Crippen molar-refractivity contribution in [3.63, 3.8) is 0 Å². The fourth-order valence-corrected chi connectivity index (χ4v) is 4.10. The van der Waals surface area contributed by atoms with Gasteiger partial charge in [-0.25, -0.2) is 8.42 Å². The molecular formula is C14H18ClNO3S. The maximum absolute atomic E-state index is 11.4. The van der Waals surface area contributed by atoms with Gasteiger partial charge >= 0.3 is 0 Å². The Morgan fingerprint density at radius 2 is 2.30 bits per heavy atom. The van der Waals surface area contributed by atoms with E-state index in [1.165, 1.54) is 0 Å². The lowest BCUT2D eigenvalue weighted by molar-refractivity contribution is 0.363. The molecule has 20 heavy (non-hydrogen) atoms. The summed E-state index contributed by atoms with van der Waals surface area (Å²) in [6, 6.07) is 5.60. The van der Waals surface area contributed by atoms with Gasteiger partial charge in [-0.2, -0.15) is 0 Å². The van der Waals surface area contributed by atoms with E-state index in [4.69, 9.17) is 16.3 Å². The van der Waals surface area contributed by atoms with Gasteiger partial charge in [0.2, 0.25) is 0 Å². The van der Waals surface area contributed by atoms with E-state index >= 15 is 0 Å². The molecule has 0 amide bonds. The van der Waals surface area contributed by atoms with Gasteiger partial charge in [0.1, 0.15) is 12.4 Å². The molecular weight excluding hydrogens is 298 g/mol. The Morgan fingerprint density at radius 3 is 2.90 bits per heavy atom. The van der Waals surface area contributed by atoms with Crippen LogP contribution in [0.3, 0.4) is 0 Å². The lowest BCUT2D eigenvalue weighted by Crippen LogP contribution is -2.29. The third kappa shape index (κ3) is 4.23. The minimum absolute atomic E-state index is 0.0375. The molecule has 0 saturated carbocycles. The van der Waals surface area contributed by atoms with E-state index in [1.54, 1.807) is 6.08 Å². The molecule has 0 aromatic heterocycles. The van der Waals surface area contributed by atoms with Crippen LogP contribution >= 0.6 is 11.6 Å². The molecule has 4 nitrogen and oxygen atoms in total. The first-order valence-electron chi connectivity index (χ1n) is 6.46. The first kappa shape index (κ1) is 15.4. The number of rotatable bonds is 6. The van der Waals surface area contributed by atoms with Crippen LogP contribution in [0, 0.1) is 0 Å². The number of hydrogen-bond acceptors (Lipinski definition) is 4. The van der Waals surface area contributed by atoms with Crippen LogP contribution in [0.15, 0.2) is 30.9 Å². The number of halogens is 1. The quantitative estimate of drug-likeness (QED) is 0.818. The van der Waals surface area contributed by atoms with Crippen LogP contribution in [0.25, 0.3) is 0 Å². The Bertz CT molecular complexity index is 586. The zero-order chi connectivity index (χ0) is 14.6. The normalized spacial score (nSPS) is 20.8. The highest BCUT2D eigenvalue weighted by Gasteiger charge is 2.27. The summed E-state index contributed by atoms with van der Waals surface area (Å²) in [6.45, 7) is 4.59. The van der Waals surface area contributed by atoms with Gasteiger partial charge in [0.15, 0.2) is 9.84 Å². The second-order valence-electron chi connectivity index (χ2n) is 4.85. The minimum atomic E-state index is -2.84. The molecule has 1 heterocycles. The number of benzene rings is 1. The summed E-state index contributed by atoms with van der Waals surface area (Å²) < 4.78 is 28.1. The van der Waals surface area contributed by atoms with Crippen LogP contribution < -0.4 is 10.1 Å². The van der Waals surface area contributed by atoms with Gasteiger partial charge in [-0.15, -0.1) is 0 Å². The van der Waals surface area contributed by atoms with E-state index < -0.39 is 9.84 Å². The molecule has 110 valence electrons. The fraction of sp³-hybridized carbons (Fsp3) is 0.429. The molecule has 1 aliphatic heterocycles. The number of ether oxygens (including phenoxy) is 1. The topological polar surface area (TPSA) is 55.4 Å². The van der Waals surface area contributed by atoms with Crippen molar-refractivity contribution in [2.24, 2.45) is 0 Å². The molecule has 1 aromatic carbocycles. The average Bonchev–Trinajstić information content (AvgIpc) is 2.75. The first-order chi connectivity index (χ1) is 9.50. The molecule has 1 aliphatic rings. The van der Waals surface area contributed by atoms with Gasteiger partial charge in [-0.3, -0.25) is 0 Å². The van der Waals surface area contributed by atoms with Crippen LogP contribution in [0.2, 0.25) is 5.02 Å². The van der Waals surface area contributed by atoms with E-state index in [0.29, 0.717) is 30.3 Å². The van der Waals surface area contributed by atoms with Crippen molar-refractivity contribution in [2.75, 3.05) is 18.1 Å². The maximum Gasteiger partial charge on any atom is 0.151 e. The second kappa shape index (κ2) is 6.61. The molecule has 0 spiro atoms. The van der Waals surface area contributed by atoms with E-state index in [1.807, 2.05) is 18.2 Å². The summed E-state index contributed by atoms with van der Waals surface area (Å²) in [6.07, 6.45) is 2.34. The maximum atomic E-state index is 11.4. The minimum Gasteiger partial charge on any atom is -0.488 e. The number of nitrogens with one attached hydrogen (secondary N) is 1. The molecule has 0 radical (unpaired) electrons. The van der Waals surface area contributed by atoms with Gasteiger partial charge in [0.05, 0.1) is 16.5 Å². The zero-order valence-corrected chi connectivity index (χ0v) is 12.7. The Kier molecular flexibility index (Phi) is 5.07. The Balaban J connectivity index is 1.90. The van der Waals surface area contributed by atoms with E-state index in [-0.39, 0.29) is 17.5 Å². The van der Waals surface area contributed by atoms with Gasteiger partial charge in [-0.1, -0.05) is 30.3 Å². The van der Waals surface area contributed by atoms with Gasteiger partial charge in [0, 0.05) is 12.6 Å². The van der Waals surface area contributed by atoms with Crippen molar-refractivity contribution in [1.82, 2.24) is 5.32 Å². The highest BCUT2D eigenvalue weighted by Crippen LogP contribution is 2.25. The van der Waals surface area contributed by atoms with Crippen molar-refractivity contribution in [3.05, 3.63) is 41.4 Å². The predicted octanol–water partition coefficient (Wildman–Crippen LogP) is 2.18. The van der Waals surface area contributed by atoms with Crippen molar-refractivity contribution in [3.8, 4) is 5.75 Å². The third-order valence-electron chi connectivity index (χ3n) is 3.18. The number of sulfone groups is 1. The van der Waals surface area contributed by atoms with Gasteiger partial charge in [0.25, 0.3) is 0 Å². The molecule has 1 atom stereocenters. The third-order valence-corrected chi connectivity index (χ3v) is 5.24. The van der Waals surface area contributed by atoms with Crippen molar-refractivity contribution < 1.29 is 13.2 Å². The molecule has 1 fully saturated rings. The van der Waals surface area contributed by atoms with Crippen molar-refractivity contribution in [2.45, 2.75) is 19.0 Å². The smallest absolute Gasteiger partial charge is 0.151 e. The Hall–Kier alpha value is -1.04. The van der Waals surface area contributed by atoms with Crippen LogP contribution in [-0.2, 0) is 16.4 Å². The SMILES string of the molecule is C=CCOc1ccc(CN[C@H]2CCS(=O)(=O)C2)cc1Cl. The van der Waals surface area contributed by atoms with Gasteiger partial charge < -0.3 is 10.1 Å². The second-order valence-corrected chi connectivity index (χ2v) is 7.48. The summed E-state index contributed by atoms with van der Waals surface area (Å²) >= 11 is 6.12. The monoisotopic (exact) mass is 315 g/mol. The van der Waals surface area contributed by atoms with E-state index in [0.717, 1.165) is 5.56 Å². The Morgan fingerprint density at radius 1 is 1.50 bits per heavy atom. The highest BCUT2D eigenvalue weighted by atomic mass is 35.5. The number of hydrogen-bond donors (Lipinski definition) is 1. The van der Waals surface area contributed by atoms with E-state index in [9.17, 15) is 8.42 Å². The standard InChI is InChI=1S/C14H18ClNO3S/c1-2-6-19-14-4-3-11(8-13(14)15)9-16-12-5-7-20(17,18)10-12/h2-4,8,12,16H,1,5-7,9-10H2/t12-/m0/s1. The molecule has 1 N–H and O–H groups in total. The lowest BCUT2D eigenvalue weighted by Gasteiger charge is -2.12. The van der Waals surface area contributed by atoms with Crippen LogP contribution in [0.1, 0.15) is 12.0 Å². The molecule has 2 rings (SSSR count). The summed E-state index contributed by atoms with van der Waals surface area (Å²) in [7, 11) is -2.84. The first-order valence-corrected chi connectivity index (χ1v) is 8.66. The summed E-state index contributed by atoms with van der Waals surface area (Å²) in [5.74, 6) is 1.12. The fourth-order valence-electron chi connectivity index (χ4n) is 2.14. The molecule has 0 aliphatic carbocycles. The zero-order valence-electron chi connectivity index (χ0n) is 11.1. The molecule has 6 heteroatoms. The lowest BCUT2D eigenvalue weighted by atomic mass is 10.2. The van der Waals surface area contributed by atoms with Crippen molar-refractivity contribution in [1.29, 1.82) is 0 Å².